The zero-order valence-corrected chi connectivity index (χ0v) is 21.5. The molecular weight excluding hydrogens is 468 g/mol. The van der Waals surface area contributed by atoms with Crippen LogP contribution in [-0.4, -0.2) is 73.6 Å². The van der Waals surface area contributed by atoms with E-state index in [1.165, 1.54) is 18.4 Å². The van der Waals surface area contributed by atoms with Gasteiger partial charge in [-0.25, -0.2) is 0 Å². The summed E-state index contributed by atoms with van der Waals surface area (Å²) in [5.74, 6) is 1.28. The second-order valence-corrected chi connectivity index (χ2v) is 12.5. The summed E-state index contributed by atoms with van der Waals surface area (Å²) < 4.78 is 8.34. The van der Waals surface area contributed by atoms with E-state index in [1.807, 2.05) is 19.3 Å². The minimum atomic E-state index is -1.40. The first-order chi connectivity index (χ1) is 17.8. The van der Waals surface area contributed by atoms with E-state index >= 15 is 0 Å². The van der Waals surface area contributed by atoms with E-state index in [-0.39, 0.29) is 23.1 Å². The Morgan fingerprint density at radius 1 is 1.24 bits per heavy atom. The lowest BCUT2D eigenvalue weighted by atomic mass is 9.38. The van der Waals surface area contributed by atoms with Crippen molar-refractivity contribution in [3.63, 3.8) is 0 Å². The number of nitrogens with zero attached hydrogens (tertiary/aromatic N) is 4. The van der Waals surface area contributed by atoms with Crippen LogP contribution in [0.5, 0.6) is 11.5 Å². The number of aromatic nitrogens is 2. The summed E-state index contributed by atoms with van der Waals surface area (Å²) in [6.07, 6.45) is 9.15. The third kappa shape index (κ3) is 2.61. The van der Waals surface area contributed by atoms with Crippen molar-refractivity contribution in [2.24, 2.45) is 18.4 Å². The van der Waals surface area contributed by atoms with Crippen LogP contribution in [0.4, 0.5) is 0 Å². The van der Waals surface area contributed by atoms with Gasteiger partial charge < -0.3 is 19.8 Å². The van der Waals surface area contributed by atoms with E-state index in [1.54, 1.807) is 22.7 Å². The van der Waals surface area contributed by atoms with Crippen LogP contribution in [0, 0.1) is 11.3 Å². The minimum absolute atomic E-state index is 0.139. The maximum absolute atomic E-state index is 14.0. The average molecular weight is 503 g/mol. The van der Waals surface area contributed by atoms with E-state index in [0.29, 0.717) is 24.3 Å². The van der Waals surface area contributed by atoms with Gasteiger partial charge in [-0.1, -0.05) is 12.1 Å². The van der Waals surface area contributed by atoms with Gasteiger partial charge in [0, 0.05) is 49.4 Å². The molecule has 0 unspecified atom stereocenters. The number of aromatic hydroxyl groups is 1. The standard InChI is InChI=1S/C29H34N4O4/c1-31(16-19-7-11-32(2)30-19)25(35)20-14-27-8-9-29(20,36)26-28(27)10-12-33(15-17-3-4-17)22(27)13-18-5-6-21(34)24(37-26)23(18)28/h5-7,11,14,17,22,26,34,36H,3-4,8-10,12-13,15-16H2,1-2H3/t22-,26-,27-,28+,29-/m1/s1. The SMILES string of the molecule is CN(Cc1ccn(C)n1)C(=O)C1=C[C@@]23CC[C@]1(O)[C@@H]1Oc4c(O)ccc5c4[C@@]12CCN(CC1CC1)[C@@H]3C5. The molecule has 5 atom stereocenters. The average Bonchev–Trinajstić information content (AvgIpc) is 3.48. The lowest BCUT2D eigenvalue weighted by molar-refractivity contribution is -0.188. The molecule has 8 nitrogen and oxygen atoms in total. The number of benzene rings is 1. The highest BCUT2D eigenvalue weighted by Gasteiger charge is 2.78. The molecule has 2 saturated carbocycles. The van der Waals surface area contributed by atoms with Gasteiger partial charge in [-0.2, -0.15) is 5.10 Å². The monoisotopic (exact) mass is 502 g/mol. The molecule has 37 heavy (non-hydrogen) atoms. The number of likely N-dealkylation sites (N-methyl/N-ethyl adjacent to an activating group) is 1. The van der Waals surface area contributed by atoms with Crippen molar-refractivity contribution in [2.45, 2.75) is 68.2 Å². The van der Waals surface area contributed by atoms with Crippen molar-refractivity contribution in [2.75, 3.05) is 20.1 Å². The number of rotatable bonds is 5. The molecule has 2 aliphatic heterocycles. The van der Waals surface area contributed by atoms with Crippen LogP contribution < -0.4 is 4.74 Å². The van der Waals surface area contributed by atoms with Crippen LogP contribution in [0.2, 0.25) is 0 Å². The number of fused-ring (bicyclic) bond motifs is 1. The number of hydrogen-bond donors (Lipinski definition) is 2. The molecule has 1 aromatic carbocycles. The molecule has 2 N–H and O–H groups in total. The van der Waals surface area contributed by atoms with E-state index in [4.69, 9.17) is 4.74 Å². The number of phenols is 1. The normalized spacial score (nSPS) is 36.7. The van der Waals surface area contributed by atoms with Crippen LogP contribution in [0.25, 0.3) is 0 Å². The van der Waals surface area contributed by atoms with Crippen LogP contribution in [-0.2, 0) is 30.2 Å². The lowest BCUT2D eigenvalue weighted by Gasteiger charge is -2.70. The van der Waals surface area contributed by atoms with Crippen LogP contribution in [0.15, 0.2) is 36.0 Å². The molecular formula is C29H34N4O4. The smallest absolute Gasteiger partial charge is 0.252 e. The summed E-state index contributed by atoms with van der Waals surface area (Å²) in [5, 5.41) is 27.7. The highest BCUT2D eigenvalue weighted by molar-refractivity contribution is 5.97. The third-order valence-corrected chi connectivity index (χ3v) is 10.6. The van der Waals surface area contributed by atoms with Crippen LogP contribution in [0.1, 0.15) is 48.9 Å². The van der Waals surface area contributed by atoms with Crippen LogP contribution in [0.3, 0.4) is 0 Å². The number of phenolic OH excluding ortho intramolecular Hbond substituents is 1. The fourth-order valence-corrected chi connectivity index (χ4v) is 8.87. The number of carbonyl (C=O) groups is 1. The predicted molar refractivity (Wildman–Crippen MR) is 135 cm³/mol. The molecule has 7 aliphatic rings. The molecule has 1 aromatic heterocycles. The summed E-state index contributed by atoms with van der Waals surface area (Å²) in [4.78, 5) is 18.4. The summed E-state index contributed by atoms with van der Waals surface area (Å²) in [7, 11) is 3.65. The van der Waals surface area contributed by atoms with Gasteiger partial charge in [-0.3, -0.25) is 14.4 Å². The van der Waals surface area contributed by atoms with E-state index in [9.17, 15) is 15.0 Å². The molecule has 4 bridgehead atoms. The molecule has 2 spiro atoms. The van der Waals surface area contributed by atoms with E-state index in [2.05, 4.69) is 22.1 Å². The number of likely N-dealkylation sites (tertiary alicyclic amines) is 1. The first-order valence-corrected chi connectivity index (χ1v) is 13.7. The van der Waals surface area contributed by atoms with Crippen molar-refractivity contribution in [3.05, 3.63) is 52.9 Å². The van der Waals surface area contributed by atoms with Gasteiger partial charge in [0.2, 0.25) is 0 Å². The molecule has 9 rings (SSSR count). The Kier molecular flexibility index (Phi) is 4.18. The van der Waals surface area contributed by atoms with Crippen molar-refractivity contribution < 1.29 is 19.7 Å². The number of carbonyl (C=O) groups excluding carboxylic acids is 1. The van der Waals surface area contributed by atoms with Crippen molar-refractivity contribution in [1.29, 1.82) is 0 Å². The molecule has 194 valence electrons. The Bertz CT molecular complexity index is 1380. The minimum Gasteiger partial charge on any atom is -0.504 e. The second-order valence-electron chi connectivity index (χ2n) is 12.5. The summed E-state index contributed by atoms with van der Waals surface area (Å²) >= 11 is 0. The maximum Gasteiger partial charge on any atom is 0.252 e. The van der Waals surface area contributed by atoms with Gasteiger partial charge in [-0.15, -0.1) is 0 Å². The maximum atomic E-state index is 14.0. The number of piperidine rings is 1. The zero-order chi connectivity index (χ0) is 25.3. The number of hydrogen-bond acceptors (Lipinski definition) is 6. The Labute approximate surface area is 216 Å². The molecule has 8 heteroatoms. The Hall–Kier alpha value is -2.84. The molecule has 0 radical (unpaired) electrons. The fourth-order valence-electron chi connectivity index (χ4n) is 8.87. The second kappa shape index (κ2) is 6.97. The Morgan fingerprint density at radius 2 is 2.08 bits per heavy atom. The number of aliphatic hydroxyl groups is 1. The topological polar surface area (TPSA) is 91.1 Å². The first-order valence-electron chi connectivity index (χ1n) is 13.7. The quantitative estimate of drug-likeness (QED) is 0.652. The Morgan fingerprint density at radius 3 is 2.84 bits per heavy atom. The van der Waals surface area contributed by atoms with Crippen molar-refractivity contribution in [1.82, 2.24) is 19.6 Å². The molecule has 3 fully saturated rings. The van der Waals surface area contributed by atoms with E-state index < -0.39 is 17.1 Å². The van der Waals surface area contributed by atoms with Gasteiger partial charge in [0.05, 0.1) is 17.7 Å². The van der Waals surface area contributed by atoms with Crippen molar-refractivity contribution >= 4 is 5.91 Å². The Balaban J connectivity index is 1.28. The molecule has 5 aliphatic carbocycles. The fraction of sp³-hybridized carbons (Fsp3) is 0.586. The van der Waals surface area contributed by atoms with E-state index in [0.717, 1.165) is 49.5 Å². The van der Waals surface area contributed by atoms with Gasteiger partial charge in [0.1, 0.15) is 11.7 Å². The number of ether oxygens (including phenoxy) is 1. The number of aryl methyl sites for hydroxylation is 1. The zero-order valence-electron chi connectivity index (χ0n) is 21.5. The highest BCUT2D eigenvalue weighted by Crippen LogP contribution is 2.74. The lowest BCUT2D eigenvalue weighted by Crippen LogP contribution is -2.78. The van der Waals surface area contributed by atoms with Gasteiger partial charge in [0.15, 0.2) is 11.5 Å². The summed E-state index contributed by atoms with van der Waals surface area (Å²) in [6.45, 7) is 2.44. The summed E-state index contributed by atoms with van der Waals surface area (Å²) in [6, 6.07) is 5.97. The van der Waals surface area contributed by atoms with Gasteiger partial charge >= 0.3 is 0 Å². The highest BCUT2D eigenvalue weighted by atomic mass is 16.5. The third-order valence-electron chi connectivity index (χ3n) is 10.6. The van der Waals surface area contributed by atoms with Gasteiger partial charge in [0.25, 0.3) is 5.91 Å². The summed E-state index contributed by atoms with van der Waals surface area (Å²) in [5.41, 5.74) is 1.48. The van der Waals surface area contributed by atoms with Gasteiger partial charge in [-0.05, 0) is 68.7 Å². The van der Waals surface area contributed by atoms with Crippen LogP contribution >= 0.6 is 0 Å². The predicted octanol–water partition coefficient (Wildman–Crippen LogP) is 2.27. The number of amides is 1. The first kappa shape index (κ1) is 22.2. The molecule has 1 saturated heterocycles. The molecule has 3 heterocycles. The molecule has 1 amide bonds. The van der Waals surface area contributed by atoms with Crippen molar-refractivity contribution in [3.8, 4) is 11.5 Å². The molecule has 2 aromatic rings. The largest absolute Gasteiger partial charge is 0.504 e.